The van der Waals surface area contributed by atoms with Crippen molar-refractivity contribution in [3.63, 3.8) is 0 Å². The summed E-state index contributed by atoms with van der Waals surface area (Å²) in [5, 5.41) is 3.22. The summed E-state index contributed by atoms with van der Waals surface area (Å²) < 4.78 is 0. The second-order valence-electron chi connectivity index (χ2n) is 6.44. The van der Waals surface area contributed by atoms with Crippen molar-refractivity contribution in [2.45, 2.75) is 20.4 Å². The lowest BCUT2D eigenvalue weighted by atomic mass is 10.1. The third kappa shape index (κ3) is 4.45. The number of aryl methyl sites for hydroxylation is 2. The lowest BCUT2D eigenvalue weighted by molar-refractivity contribution is 0.0779. The van der Waals surface area contributed by atoms with E-state index in [0.717, 1.165) is 11.3 Å². The smallest absolute Gasteiger partial charge is 0.274 e. The van der Waals surface area contributed by atoms with Gasteiger partial charge in [0, 0.05) is 19.3 Å². The van der Waals surface area contributed by atoms with Crippen LogP contribution in [-0.2, 0) is 6.54 Å². The van der Waals surface area contributed by atoms with E-state index >= 15 is 0 Å². The summed E-state index contributed by atoms with van der Waals surface area (Å²) in [5.74, 6) is 0.455. The van der Waals surface area contributed by atoms with Crippen molar-refractivity contribution in [1.29, 1.82) is 0 Å². The van der Waals surface area contributed by atoms with Crippen molar-refractivity contribution < 1.29 is 4.79 Å². The van der Waals surface area contributed by atoms with Crippen LogP contribution in [0.1, 0.15) is 27.2 Å². The molecular formula is C21H22N4O. The second-order valence-corrected chi connectivity index (χ2v) is 6.44. The number of amides is 1. The Morgan fingerprint density at radius 2 is 1.69 bits per heavy atom. The van der Waals surface area contributed by atoms with Crippen LogP contribution in [0.5, 0.6) is 0 Å². The monoisotopic (exact) mass is 346 g/mol. The van der Waals surface area contributed by atoms with Crippen molar-refractivity contribution in [2.24, 2.45) is 0 Å². The molecule has 3 aromatic rings. The number of hydrogen-bond acceptors (Lipinski definition) is 4. The Balaban J connectivity index is 1.67. The fourth-order valence-corrected chi connectivity index (χ4v) is 2.82. The zero-order valence-electron chi connectivity index (χ0n) is 15.2. The van der Waals surface area contributed by atoms with Crippen LogP contribution in [0.25, 0.3) is 0 Å². The van der Waals surface area contributed by atoms with Crippen LogP contribution in [-0.4, -0.2) is 27.8 Å². The highest BCUT2D eigenvalue weighted by Crippen LogP contribution is 2.18. The molecule has 0 atom stereocenters. The van der Waals surface area contributed by atoms with Crippen molar-refractivity contribution in [3.8, 4) is 0 Å². The van der Waals surface area contributed by atoms with Gasteiger partial charge in [-0.15, -0.1) is 0 Å². The van der Waals surface area contributed by atoms with Gasteiger partial charge in [0.05, 0.1) is 12.4 Å². The van der Waals surface area contributed by atoms with E-state index in [0.29, 0.717) is 18.1 Å². The maximum Gasteiger partial charge on any atom is 0.274 e. The van der Waals surface area contributed by atoms with E-state index < -0.39 is 0 Å². The molecule has 26 heavy (non-hydrogen) atoms. The molecule has 0 spiro atoms. The number of rotatable bonds is 5. The normalized spacial score (nSPS) is 10.4. The average Bonchev–Trinajstić information content (AvgIpc) is 2.62. The Morgan fingerprint density at radius 1 is 1.00 bits per heavy atom. The van der Waals surface area contributed by atoms with Gasteiger partial charge in [-0.1, -0.05) is 36.4 Å². The largest absolute Gasteiger partial charge is 0.339 e. The summed E-state index contributed by atoms with van der Waals surface area (Å²) in [4.78, 5) is 22.7. The van der Waals surface area contributed by atoms with E-state index in [2.05, 4.69) is 21.4 Å². The Morgan fingerprint density at radius 3 is 2.31 bits per heavy atom. The Labute approximate surface area is 153 Å². The van der Waals surface area contributed by atoms with Gasteiger partial charge in [-0.3, -0.25) is 4.79 Å². The molecule has 0 aliphatic heterocycles. The molecule has 2 aromatic carbocycles. The summed E-state index contributed by atoms with van der Waals surface area (Å²) in [7, 11) is 1.76. The van der Waals surface area contributed by atoms with E-state index in [1.165, 1.54) is 17.3 Å². The molecule has 0 radical (unpaired) electrons. The first-order valence-electron chi connectivity index (χ1n) is 8.48. The van der Waals surface area contributed by atoms with E-state index in [4.69, 9.17) is 0 Å². The van der Waals surface area contributed by atoms with Crippen LogP contribution in [0, 0.1) is 13.8 Å². The van der Waals surface area contributed by atoms with E-state index in [1.54, 1.807) is 18.1 Å². The van der Waals surface area contributed by atoms with Gasteiger partial charge in [0.25, 0.3) is 5.91 Å². The molecule has 0 bridgehead atoms. The maximum atomic E-state index is 12.5. The summed E-state index contributed by atoms with van der Waals surface area (Å²) in [5.41, 5.74) is 4.71. The Hall–Kier alpha value is -3.21. The first-order valence-corrected chi connectivity index (χ1v) is 8.48. The Bertz CT molecular complexity index is 871. The molecule has 3 rings (SSSR count). The van der Waals surface area contributed by atoms with Crippen LogP contribution in [0.2, 0.25) is 0 Å². The average molecular weight is 346 g/mol. The van der Waals surface area contributed by atoms with Gasteiger partial charge in [0.15, 0.2) is 0 Å². The zero-order chi connectivity index (χ0) is 18.5. The third-order valence-corrected chi connectivity index (χ3v) is 3.97. The zero-order valence-corrected chi connectivity index (χ0v) is 15.2. The number of nitrogens with zero attached hydrogens (tertiary/aromatic N) is 3. The fourth-order valence-electron chi connectivity index (χ4n) is 2.82. The molecule has 0 unspecified atom stereocenters. The molecule has 0 saturated heterocycles. The first-order chi connectivity index (χ1) is 12.5. The summed E-state index contributed by atoms with van der Waals surface area (Å²) in [6.07, 6.45) is 3.09. The van der Waals surface area contributed by atoms with Gasteiger partial charge in [-0.25, -0.2) is 9.97 Å². The number of carbonyl (C=O) groups is 1. The molecule has 1 amide bonds. The standard InChI is InChI=1S/C21H22N4O/c1-15-9-16(2)11-18(10-15)24-20-13-22-19(12-23-20)21(26)25(3)14-17-7-5-4-6-8-17/h4-13H,14H2,1-3H3,(H,23,24). The van der Waals surface area contributed by atoms with Crippen LogP contribution < -0.4 is 5.32 Å². The van der Waals surface area contributed by atoms with Gasteiger partial charge in [-0.2, -0.15) is 0 Å². The van der Waals surface area contributed by atoms with E-state index in [9.17, 15) is 4.79 Å². The SMILES string of the molecule is Cc1cc(C)cc(Nc2cnc(C(=O)N(C)Cc3ccccc3)cn2)c1. The minimum absolute atomic E-state index is 0.153. The highest BCUT2D eigenvalue weighted by Gasteiger charge is 2.14. The van der Waals surface area contributed by atoms with Gasteiger partial charge >= 0.3 is 0 Å². The number of benzene rings is 2. The quantitative estimate of drug-likeness (QED) is 0.755. The minimum atomic E-state index is -0.153. The van der Waals surface area contributed by atoms with E-state index in [1.807, 2.05) is 56.3 Å². The van der Waals surface area contributed by atoms with Crippen molar-refractivity contribution in [1.82, 2.24) is 14.9 Å². The topological polar surface area (TPSA) is 58.1 Å². The summed E-state index contributed by atoms with van der Waals surface area (Å²) >= 11 is 0. The molecular weight excluding hydrogens is 324 g/mol. The number of nitrogens with one attached hydrogen (secondary N) is 1. The number of aromatic nitrogens is 2. The van der Waals surface area contributed by atoms with Crippen LogP contribution in [0.3, 0.4) is 0 Å². The van der Waals surface area contributed by atoms with Gasteiger partial charge in [0.2, 0.25) is 0 Å². The highest BCUT2D eigenvalue weighted by molar-refractivity contribution is 5.91. The Kier molecular flexibility index (Phi) is 5.27. The number of carbonyl (C=O) groups excluding carboxylic acids is 1. The molecule has 0 fully saturated rings. The molecule has 0 saturated carbocycles. The van der Waals surface area contributed by atoms with Gasteiger partial charge < -0.3 is 10.2 Å². The number of hydrogen-bond donors (Lipinski definition) is 1. The first kappa shape index (κ1) is 17.6. The molecule has 0 aliphatic rings. The van der Waals surface area contributed by atoms with Crippen LogP contribution >= 0.6 is 0 Å². The predicted octanol–water partition coefficient (Wildman–Crippen LogP) is 4.11. The molecule has 5 heteroatoms. The number of anilines is 2. The summed E-state index contributed by atoms with van der Waals surface area (Å²) in [6.45, 7) is 4.63. The van der Waals surface area contributed by atoms with Crippen molar-refractivity contribution in [3.05, 3.63) is 83.3 Å². The van der Waals surface area contributed by atoms with Crippen LogP contribution in [0.4, 0.5) is 11.5 Å². The highest BCUT2D eigenvalue weighted by atomic mass is 16.2. The third-order valence-electron chi connectivity index (χ3n) is 3.97. The summed E-state index contributed by atoms with van der Waals surface area (Å²) in [6, 6.07) is 16.1. The van der Waals surface area contributed by atoms with Crippen molar-refractivity contribution >= 4 is 17.4 Å². The lowest BCUT2D eigenvalue weighted by Crippen LogP contribution is -2.27. The maximum absolute atomic E-state index is 12.5. The van der Waals surface area contributed by atoms with Gasteiger partial charge in [-0.05, 0) is 42.7 Å². The lowest BCUT2D eigenvalue weighted by Gasteiger charge is -2.16. The molecule has 1 N–H and O–H groups in total. The molecule has 0 aliphatic carbocycles. The predicted molar refractivity (Wildman–Crippen MR) is 103 cm³/mol. The fraction of sp³-hybridized carbons (Fsp3) is 0.190. The molecule has 1 heterocycles. The van der Waals surface area contributed by atoms with Crippen molar-refractivity contribution in [2.75, 3.05) is 12.4 Å². The minimum Gasteiger partial charge on any atom is -0.339 e. The van der Waals surface area contributed by atoms with Crippen LogP contribution in [0.15, 0.2) is 60.9 Å². The second kappa shape index (κ2) is 7.78. The van der Waals surface area contributed by atoms with Gasteiger partial charge in [0.1, 0.15) is 11.5 Å². The molecule has 132 valence electrons. The molecule has 5 nitrogen and oxygen atoms in total. The van der Waals surface area contributed by atoms with E-state index in [-0.39, 0.29) is 5.91 Å². The molecule has 1 aromatic heterocycles.